The SMILES string of the molecule is c1ccc(CSc2nnc3c(n2)OC(c2ccc4c(c2)OCC4)Nc2ccccc2-3)cc1. The van der Waals surface area contributed by atoms with E-state index in [1.54, 1.807) is 11.8 Å². The average molecular weight is 441 g/mol. The Morgan fingerprint density at radius 1 is 0.969 bits per heavy atom. The van der Waals surface area contributed by atoms with Gasteiger partial charge in [0.15, 0.2) is 11.9 Å². The number of anilines is 1. The fourth-order valence-corrected chi connectivity index (χ4v) is 4.66. The fourth-order valence-electron chi connectivity index (χ4n) is 3.93. The van der Waals surface area contributed by atoms with Gasteiger partial charge in [-0.1, -0.05) is 72.4 Å². The van der Waals surface area contributed by atoms with Crippen LogP contribution in [0, 0.1) is 0 Å². The molecule has 1 aromatic heterocycles. The lowest BCUT2D eigenvalue weighted by Crippen LogP contribution is -2.17. The summed E-state index contributed by atoms with van der Waals surface area (Å²) in [6.07, 6.45) is 0.523. The highest BCUT2D eigenvalue weighted by Crippen LogP contribution is 2.40. The summed E-state index contributed by atoms with van der Waals surface area (Å²) in [6, 6.07) is 24.5. The normalized spacial score (nSPS) is 15.9. The molecule has 7 heteroatoms. The Labute approximate surface area is 190 Å². The summed E-state index contributed by atoms with van der Waals surface area (Å²) in [5, 5.41) is 12.9. The van der Waals surface area contributed by atoms with E-state index in [-0.39, 0.29) is 0 Å². The number of para-hydroxylation sites is 1. The number of hydrogen-bond donors (Lipinski definition) is 1. The summed E-state index contributed by atoms with van der Waals surface area (Å²) in [5.74, 6) is 2.16. The quantitative estimate of drug-likeness (QED) is 0.434. The summed E-state index contributed by atoms with van der Waals surface area (Å²) in [4.78, 5) is 4.73. The highest BCUT2D eigenvalue weighted by molar-refractivity contribution is 7.98. The van der Waals surface area contributed by atoms with Gasteiger partial charge in [0.2, 0.25) is 11.0 Å². The minimum atomic E-state index is -0.421. The summed E-state index contributed by atoms with van der Waals surface area (Å²) in [5.41, 5.74) is 5.90. The van der Waals surface area contributed by atoms with Crippen molar-refractivity contribution in [3.05, 3.63) is 89.5 Å². The van der Waals surface area contributed by atoms with Crippen molar-refractivity contribution < 1.29 is 9.47 Å². The first kappa shape index (κ1) is 19.1. The number of benzene rings is 3. The molecule has 3 aromatic carbocycles. The van der Waals surface area contributed by atoms with Crippen LogP contribution in [0.15, 0.2) is 78.0 Å². The first-order valence-corrected chi connectivity index (χ1v) is 11.5. The number of thioether (sulfide) groups is 1. The van der Waals surface area contributed by atoms with Gasteiger partial charge in [-0.25, -0.2) is 0 Å². The van der Waals surface area contributed by atoms with Crippen molar-refractivity contribution >= 4 is 17.4 Å². The van der Waals surface area contributed by atoms with Crippen LogP contribution in [0.3, 0.4) is 0 Å². The lowest BCUT2D eigenvalue weighted by Gasteiger charge is -2.20. The minimum absolute atomic E-state index is 0.421. The maximum Gasteiger partial charge on any atom is 0.247 e. The Hall–Kier alpha value is -3.58. The van der Waals surface area contributed by atoms with E-state index in [2.05, 4.69) is 39.8 Å². The van der Waals surface area contributed by atoms with E-state index in [1.165, 1.54) is 11.1 Å². The van der Waals surface area contributed by atoms with Gasteiger partial charge >= 0.3 is 0 Å². The van der Waals surface area contributed by atoms with Crippen LogP contribution in [0.5, 0.6) is 11.6 Å². The van der Waals surface area contributed by atoms with E-state index in [0.717, 1.165) is 41.3 Å². The number of fused-ring (bicyclic) bond motifs is 4. The smallest absolute Gasteiger partial charge is 0.247 e. The van der Waals surface area contributed by atoms with E-state index in [9.17, 15) is 0 Å². The number of rotatable bonds is 4. The van der Waals surface area contributed by atoms with Crippen LogP contribution in [0.25, 0.3) is 11.3 Å². The van der Waals surface area contributed by atoms with Crippen molar-refractivity contribution in [2.45, 2.75) is 23.6 Å². The second-order valence-electron chi connectivity index (χ2n) is 7.68. The molecule has 1 atom stereocenters. The number of ether oxygens (including phenoxy) is 2. The number of nitrogens with one attached hydrogen (secondary N) is 1. The molecule has 2 aliphatic heterocycles. The molecule has 6 nitrogen and oxygen atoms in total. The lowest BCUT2D eigenvalue weighted by molar-refractivity contribution is 0.224. The van der Waals surface area contributed by atoms with Crippen LogP contribution >= 0.6 is 11.8 Å². The van der Waals surface area contributed by atoms with E-state index < -0.39 is 6.23 Å². The van der Waals surface area contributed by atoms with Crippen molar-refractivity contribution in [1.29, 1.82) is 0 Å². The predicted molar refractivity (Wildman–Crippen MR) is 124 cm³/mol. The van der Waals surface area contributed by atoms with Gasteiger partial charge in [-0.15, -0.1) is 10.2 Å². The first-order valence-electron chi connectivity index (χ1n) is 10.5. The summed E-state index contributed by atoms with van der Waals surface area (Å²) in [6.45, 7) is 0.725. The van der Waals surface area contributed by atoms with Crippen LogP contribution in [-0.2, 0) is 12.2 Å². The van der Waals surface area contributed by atoms with Crippen molar-refractivity contribution in [1.82, 2.24) is 15.2 Å². The first-order chi connectivity index (χ1) is 15.8. The Bertz CT molecular complexity index is 1280. The molecular formula is C25H20N4O2S. The van der Waals surface area contributed by atoms with E-state index in [4.69, 9.17) is 14.5 Å². The number of aromatic nitrogens is 3. The molecule has 0 bridgehead atoms. The molecule has 4 aromatic rings. The summed E-state index contributed by atoms with van der Waals surface area (Å²) >= 11 is 1.54. The Morgan fingerprint density at radius 2 is 1.84 bits per heavy atom. The zero-order valence-electron chi connectivity index (χ0n) is 17.2. The highest BCUT2D eigenvalue weighted by atomic mass is 32.2. The van der Waals surface area contributed by atoms with Gasteiger partial charge in [-0.3, -0.25) is 0 Å². The topological polar surface area (TPSA) is 69.2 Å². The third-order valence-corrected chi connectivity index (χ3v) is 6.48. The van der Waals surface area contributed by atoms with Gasteiger partial charge < -0.3 is 14.8 Å². The van der Waals surface area contributed by atoms with Crippen molar-refractivity contribution in [3.8, 4) is 22.9 Å². The Kier molecular flexibility index (Phi) is 4.88. The zero-order valence-corrected chi connectivity index (χ0v) is 18.0. The molecule has 1 unspecified atom stereocenters. The fraction of sp³-hybridized carbons (Fsp3) is 0.160. The zero-order chi connectivity index (χ0) is 21.3. The van der Waals surface area contributed by atoms with Gasteiger partial charge in [-0.05, 0) is 23.3 Å². The molecule has 6 rings (SSSR count). The molecule has 32 heavy (non-hydrogen) atoms. The summed E-state index contributed by atoms with van der Waals surface area (Å²) < 4.78 is 12.2. The monoisotopic (exact) mass is 440 g/mol. The highest BCUT2D eigenvalue weighted by Gasteiger charge is 2.27. The van der Waals surface area contributed by atoms with E-state index in [1.807, 2.05) is 48.5 Å². The second kappa shape index (κ2) is 8.16. The molecule has 1 N–H and O–H groups in total. The van der Waals surface area contributed by atoms with Gasteiger partial charge in [0.05, 0.1) is 6.61 Å². The van der Waals surface area contributed by atoms with Crippen LogP contribution < -0.4 is 14.8 Å². The van der Waals surface area contributed by atoms with Gasteiger partial charge in [-0.2, -0.15) is 4.98 Å². The summed E-state index contributed by atoms with van der Waals surface area (Å²) in [7, 11) is 0. The Morgan fingerprint density at radius 3 is 2.78 bits per heavy atom. The van der Waals surface area contributed by atoms with Crippen LogP contribution in [0.2, 0.25) is 0 Å². The molecular weight excluding hydrogens is 420 g/mol. The molecule has 0 spiro atoms. The molecule has 0 saturated heterocycles. The van der Waals surface area contributed by atoms with Gasteiger partial charge in [0.1, 0.15) is 5.75 Å². The molecule has 2 aliphatic rings. The van der Waals surface area contributed by atoms with Crippen molar-refractivity contribution in [2.24, 2.45) is 0 Å². The maximum absolute atomic E-state index is 6.38. The Balaban J connectivity index is 1.35. The molecule has 0 saturated carbocycles. The molecule has 0 aliphatic carbocycles. The molecule has 158 valence electrons. The van der Waals surface area contributed by atoms with E-state index >= 15 is 0 Å². The third-order valence-electron chi connectivity index (χ3n) is 5.57. The standard InChI is InChI=1S/C25H20N4O2S/c1-2-6-16(7-3-1)15-32-25-27-24-22(28-29-25)19-8-4-5-9-20(19)26-23(31-24)18-11-10-17-12-13-30-21(17)14-18/h1-11,14,23,26H,12-13,15H2. The van der Waals surface area contributed by atoms with Crippen LogP contribution in [-0.4, -0.2) is 21.8 Å². The largest absolute Gasteiger partial charge is 0.493 e. The molecule has 0 radical (unpaired) electrons. The van der Waals surface area contributed by atoms with Crippen LogP contribution in [0.1, 0.15) is 22.9 Å². The predicted octanol–water partition coefficient (Wildman–Crippen LogP) is 5.27. The number of hydrogen-bond acceptors (Lipinski definition) is 7. The third kappa shape index (κ3) is 3.65. The van der Waals surface area contributed by atoms with Crippen molar-refractivity contribution in [2.75, 3.05) is 11.9 Å². The van der Waals surface area contributed by atoms with Crippen LogP contribution in [0.4, 0.5) is 5.69 Å². The van der Waals surface area contributed by atoms with Gasteiger partial charge in [0.25, 0.3) is 0 Å². The average Bonchev–Trinajstić information content (AvgIpc) is 3.25. The maximum atomic E-state index is 6.38. The van der Waals surface area contributed by atoms with Gasteiger partial charge in [0, 0.05) is 29.0 Å². The molecule has 3 heterocycles. The second-order valence-corrected chi connectivity index (χ2v) is 8.62. The van der Waals surface area contributed by atoms with Crippen molar-refractivity contribution in [3.63, 3.8) is 0 Å². The molecule has 0 fully saturated rings. The molecule has 0 amide bonds. The lowest BCUT2D eigenvalue weighted by atomic mass is 10.1. The number of nitrogens with zero attached hydrogens (tertiary/aromatic N) is 3. The minimum Gasteiger partial charge on any atom is -0.493 e. The van der Waals surface area contributed by atoms with E-state index in [0.29, 0.717) is 16.7 Å².